The van der Waals surface area contributed by atoms with Crippen molar-refractivity contribution in [2.45, 2.75) is 13.5 Å². The summed E-state index contributed by atoms with van der Waals surface area (Å²) in [7, 11) is 1.30. The molecular formula is C14H14N2O4. The van der Waals surface area contributed by atoms with Crippen molar-refractivity contribution in [3.8, 4) is 0 Å². The fraction of sp³-hybridized carbons (Fsp3) is 0.214. The summed E-state index contributed by atoms with van der Waals surface area (Å²) in [5.41, 5.74) is 0.548. The molecule has 0 atom stereocenters. The van der Waals surface area contributed by atoms with Crippen LogP contribution in [0.25, 0.3) is 0 Å². The molecule has 20 heavy (non-hydrogen) atoms. The van der Waals surface area contributed by atoms with E-state index >= 15 is 0 Å². The average molecular weight is 274 g/mol. The lowest BCUT2D eigenvalue weighted by Crippen LogP contribution is -2.31. The average Bonchev–Trinajstić information content (AvgIpc) is 2.44. The number of methoxy groups -OCH3 is 1. The lowest BCUT2D eigenvalue weighted by Gasteiger charge is -2.10. The monoisotopic (exact) mass is 274 g/mol. The van der Waals surface area contributed by atoms with E-state index in [2.05, 4.69) is 4.98 Å². The second-order valence-electron chi connectivity index (χ2n) is 4.35. The van der Waals surface area contributed by atoms with E-state index in [0.717, 1.165) is 0 Å². The fourth-order valence-corrected chi connectivity index (χ4v) is 1.89. The fourth-order valence-electron chi connectivity index (χ4n) is 1.89. The van der Waals surface area contributed by atoms with Crippen LogP contribution in [0.4, 0.5) is 0 Å². The summed E-state index contributed by atoms with van der Waals surface area (Å²) in [4.78, 5) is 37.0. The van der Waals surface area contributed by atoms with Crippen molar-refractivity contribution in [3.05, 3.63) is 68.0 Å². The van der Waals surface area contributed by atoms with Crippen molar-refractivity contribution < 1.29 is 9.53 Å². The number of carbonyl (C=O) groups is 1. The van der Waals surface area contributed by atoms with Gasteiger partial charge in [0.15, 0.2) is 0 Å². The molecule has 0 saturated heterocycles. The highest BCUT2D eigenvalue weighted by molar-refractivity contribution is 5.90. The van der Waals surface area contributed by atoms with E-state index in [1.807, 2.05) is 0 Å². The first-order valence-electron chi connectivity index (χ1n) is 5.99. The smallest absolute Gasteiger partial charge is 0.338 e. The van der Waals surface area contributed by atoms with Gasteiger partial charge in [-0.05, 0) is 18.6 Å². The highest BCUT2D eigenvalue weighted by Crippen LogP contribution is 2.11. The molecule has 2 aromatic rings. The third-order valence-electron chi connectivity index (χ3n) is 2.95. The van der Waals surface area contributed by atoms with Crippen LogP contribution in [-0.4, -0.2) is 22.6 Å². The number of nitrogens with one attached hydrogen (secondary N) is 1. The molecule has 104 valence electrons. The summed E-state index contributed by atoms with van der Waals surface area (Å²) >= 11 is 0. The third kappa shape index (κ3) is 2.69. The lowest BCUT2D eigenvalue weighted by molar-refractivity contribution is 0.0599. The number of H-pyrrole nitrogens is 1. The van der Waals surface area contributed by atoms with Crippen LogP contribution < -0.4 is 11.2 Å². The van der Waals surface area contributed by atoms with Crippen molar-refractivity contribution in [2.24, 2.45) is 0 Å². The molecule has 1 heterocycles. The molecule has 0 aliphatic heterocycles. The Labute approximate surface area is 114 Å². The quantitative estimate of drug-likeness (QED) is 0.834. The summed E-state index contributed by atoms with van der Waals surface area (Å²) in [6.07, 6.45) is 1.47. The summed E-state index contributed by atoms with van der Waals surface area (Å²) < 4.78 is 6.05. The highest BCUT2D eigenvalue weighted by atomic mass is 16.5. The van der Waals surface area contributed by atoms with E-state index in [1.165, 1.54) is 17.9 Å². The predicted octanol–water partition coefficient (Wildman–Crippen LogP) is 0.680. The molecule has 0 unspecified atom stereocenters. The molecule has 1 aromatic heterocycles. The van der Waals surface area contributed by atoms with Crippen molar-refractivity contribution in [1.29, 1.82) is 0 Å². The molecule has 0 amide bonds. The summed E-state index contributed by atoms with van der Waals surface area (Å²) in [6, 6.07) is 6.85. The Kier molecular flexibility index (Phi) is 3.84. The van der Waals surface area contributed by atoms with Gasteiger partial charge < -0.3 is 4.74 Å². The predicted molar refractivity (Wildman–Crippen MR) is 72.9 cm³/mol. The Balaban J connectivity index is 2.46. The number of rotatable bonds is 3. The Morgan fingerprint density at radius 3 is 2.70 bits per heavy atom. The first-order chi connectivity index (χ1) is 9.52. The molecule has 0 aliphatic rings. The van der Waals surface area contributed by atoms with E-state index < -0.39 is 17.2 Å². The van der Waals surface area contributed by atoms with Gasteiger partial charge in [-0.15, -0.1) is 0 Å². The number of nitrogens with zero attached hydrogens (tertiary/aromatic N) is 1. The van der Waals surface area contributed by atoms with Crippen LogP contribution in [0.3, 0.4) is 0 Å². The Morgan fingerprint density at radius 1 is 1.30 bits per heavy atom. The highest BCUT2D eigenvalue weighted by Gasteiger charge is 2.12. The minimum Gasteiger partial charge on any atom is -0.465 e. The molecule has 1 N–H and O–H groups in total. The SMILES string of the molecule is COC(=O)c1ccccc1Cn1cc(C)c(=O)[nH]c1=O. The van der Waals surface area contributed by atoms with Gasteiger partial charge in [0.1, 0.15) is 0 Å². The molecule has 0 radical (unpaired) electrons. The van der Waals surface area contributed by atoms with Crippen molar-refractivity contribution >= 4 is 5.97 Å². The second kappa shape index (κ2) is 5.56. The number of hydrogen-bond donors (Lipinski definition) is 1. The van der Waals surface area contributed by atoms with E-state index in [4.69, 9.17) is 4.74 Å². The van der Waals surface area contributed by atoms with Crippen LogP contribution in [0.1, 0.15) is 21.5 Å². The number of hydrogen-bond acceptors (Lipinski definition) is 4. The number of aryl methyl sites for hydroxylation is 1. The van der Waals surface area contributed by atoms with Crippen molar-refractivity contribution in [3.63, 3.8) is 0 Å². The number of aromatic amines is 1. The maximum Gasteiger partial charge on any atom is 0.338 e. The molecule has 0 saturated carbocycles. The Hall–Kier alpha value is -2.63. The van der Waals surface area contributed by atoms with Crippen LogP contribution in [-0.2, 0) is 11.3 Å². The van der Waals surface area contributed by atoms with Crippen LogP contribution in [0.5, 0.6) is 0 Å². The summed E-state index contributed by atoms with van der Waals surface area (Å²) in [5.74, 6) is -0.463. The maximum absolute atomic E-state index is 11.7. The Bertz CT molecular complexity index is 758. The van der Waals surface area contributed by atoms with Gasteiger partial charge in [0.05, 0.1) is 19.2 Å². The van der Waals surface area contributed by atoms with E-state index in [1.54, 1.807) is 31.2 Å². The third-order valence-corrected chi connectivity index (χ3v) is 2.95. The van der Waals surface area contributed by atoms with Crippen LogP contribution in [0, 0.1) is 6.92 Å². The summed E-state index contributed by atoms with van der Waals surface area (Å²) in [5, 5.41) is 0. The normalized spacial score (nSPS) is 10.3. The largest absolute Gasteiger partial charge is 0.465 e. The van der Waals surface area contributed by atoms with Crippen molar-refractivity contribution in [2.75, 3.05) is 7.11 Å². The van der Waals surface area contributed by atoms with Gasteiger partial charge in [-0.1, -0.05) is 18.2 Å². The van der Waals surface area contributed by atoms with Gasteiger partial charge in [-0.25, -0.2) is 9.59 Å². The Morgan fingerprint density at radius 2 is 2.00 bits per heavy atom. The second-order valence-corrected chi connectivity index (χ2v) is 4.35. The maximum atomic E-state index is 11.7. The first-order valence-corrected chi connectivity index (χ1v) is 5.99. The number of carbonyl (C=O) groups excluding carboxylic acids is 1. The van der Waals surface area contributed by atoms with Gasteiger partial charge >= 0.3 is 11.7 Å². The minimum atomic E-state index is -0.514. The molecular weight excluding hydrogens is 260 g/mol. The molecule has 1 aromatic carbocycles. The van der Waals surface area contributed by atoms with Gasteiger partial charge in [0.25, 0.3) is 5.56 Å². The molecule has 6 nitrogen and oxygen atoms in total. The van der Waals surface area contributed by atoms with Gasteiger partial charge in [-0.2, -0.15) is 0 Å². The van der Waals surface area contributed by atoms with E-state index in [9.17, 15) is 14.4 Å². The van der Waals surface area contributed by atoms with Crippen LogP contribution in [0.2, 0.25) is 0 Å². The van der Waals surface area contributed by atoms with Crippen LogP contribution in [0.15, 0.2) is 40.1 Å². The molecule has 0 fully saturated rings. The van der Waals surface area contributed by atoms with E-state index in [-0.39, 0.29) is 6.54 Å². The zero-order valence-electron chi connectivity index (χ0n) is 11.2. The van der Waals surface area contributed by atoms with Gasteiger partial charge in [0, 0.05) is 11.8 Å². The number of ether oxygens (including phenoxy) is 1. The van der Waals surface area contributed by atoms with Gasteiger partial charge in [0.2, 0.25) is 0 Å². The number of benzene rings is 1. The topological polar surface area (TPSA) is 81.2 Å². The molecule has 0 aliphatic carbocycles. The number of aromatic nitrogens is 2. The summed E-state index contributed by atoms with van der Waals surface area (Å²) in [6.45, 7) is 1.79. The van der Waals surface area contributed by atoms with E-state index in [0.29, 0.717) is 16.7 Å². The first kappa shape index (κ1) is 13.8. The van der Waals surface area contributed by atoms with Gasteiger partial charge in [-0.3, -0.25) is 14.3 Å². The molecule has 6 heteroatoms. The minimum absolute atomic E-state index is 0.182. The molecule has 0 spiro atoms. The molecule has 0 bridgehead atoms. The lowest BCUT2D eigenvalue weighted by atomic mass is 10.1. The molecule has 2 rings (SSSR count). The zero-order valence-corrected chi connectivity index (χ0v) is 11.2. The standard InChI is InChI=1S/C14H14N2O4/c1-9-7-16(14(19)15-12(9)17)8-10-5-3-4-6-11(10)13(18)20-2/h3-7H,8H2,1-2H3,(H,15,17,19). The van der Waals surface area contributed by atoms with Crippen molar-refractivity contribution in [1.82, 2.24) is 9.55 Å². The van der Waals surface area contributed by atoms with Crippen LogP contribution >= 0.6 is 0 Å². The number of esters is 1. The zero-order chi connectivity index (χ0) is 14.7.